The van der Waals surface area contributed by atoms with Crippen LogP contribution in [-0.4, -0.2) is 10.8 Å². The molecule has 1 aromatic rings. The van der Waals surface area contributed by atoms with Gasteiger partial charge in [0.05, 0.1) is 0 Å². The Morgan fingerprint density at radius 1 is 1.47 bits per heavy atom. The van der Waals surface area contributed by atoms with E-state index >= 15 is 0 Å². The molecule has 2 unspecified atom stereocenters. The second-order valence-electron chi connectivity index (χ2n) is 5.12. The maximum Gasteiger partial charge on any atom is 0.140 e. The largest absolute Gasteiger partial charge is 0.299 e. The van der Waals surface area contributed by atoms with Crippen molar-refractivity contribution in [1.82, 2.24) is 4.98 Å². The summed E-state index contributed by atoms with van der Waals surface area (Å²) in [7, 11) is 0. The van der Waals surface area contributed by atoms with Crippen molar-refractivity contribution in [3.8, 4) is 0 Å². The number of nitrogens with zero attached hydrogens (tertiary/aromatic N) is 1. The van der Waals surface area contributed by atoms with Crippen LogP contribution >= 0.6 is 15.9 Å². The van der Waals surface area contributed by atoms with Crippen molar-refractivity contribution in [2.45, 2.75) is 39.0 Å². The van der Waals surface area contributed by atoms with Crippen LogP contribution in [0.3, 0.4) is 0 Å². The van der Waals surface area contributed by atoms with Gasteiger partial charge in [-0.3, -0.25) is 9.78 Å². The van der Waals surface area contributed by atoms with E-state index in [0.29, 0.717) is 18.1 Å². The highest BCUT2D eigenvalue weighted by Crippen LogP contribution is 2.29. The second-order valence-corrected chi connectivity index (χ2v) is 6.04. The molecule has 1 aliphatic carbocycles. The smallest absolute Gasteiger partial charge is 0.140 e. The lowest BCUT2D eigenvalue weighted by molar-refractivity contribution is -0.123. The van der Waals surface area contributed by atoms with Crippen LogP contribution in [0.15, 0.2) is 22.9 Å². The molecule has 1 heterocycles. The molecule has 0 spiro atoms. The molecule has 1 saturated carbocycles. The molecular formula is C14H18BrNO. The minimum Gasteiger partial charge on any atom is -0.299 e. The van der Waals surface area contributed by atoms with Gasteiger partial charge in [0.25, 0.3) is 0 Å². The molecule has 1 aromatic heterocycles. The van der Waals surface area contributed by atoms with Gasteiger partial charge >= 0.3 is 0 Å². The Balaban J connectivity index is 1.96. The maximum atomic E-state index is 12.2. The van der Waals surface area contributed by atoms with Gasteiger partial charge in [0.15, 0.2) is 0 Å². The summed E-state index contributed by atoms with van der Waals surface area (Å²) in [5, 5.41) is 0. The molecule has 92 valence electrons. The summed E-state index contributed by atoms with van der Waals surface area (Å²) >= 11 is 3.38. The van der Waals surface area contributed by atoms with Crippen molar-refractivity contribution in [2.24, 2.45) is 11.8 Å². The first-order chi connectivity index (χ1) is 8.15. The molecule has 3 heteroatoms. The number of halogens is 1. The summed E-state index contributed by atoms with van der Waals surface area (Å²) in [5.41, 5.74) is 1.02. The average Bonchev–Trinajstić information content (AvgIpc) is 2.29. The molecule has 0 radical (unpaired) electrons. The number of hydrogen-bond acceptors (Lipinski definition) is 2. The summed E-state index contributed by atoms with van der Waals surface area (Å²) in [6, 6.07) is 1.98. The highest BCUT2D eigenvalue weighted by Gasteiger charge is 2.24. The first-order valence-corrected chi connectivity index (χ1v) is 7.06. The zero-order chi connectivity index (χ0) is 12.3. The Hall–Kier alpha value is -0.700. The fraction of sp³-hybridized carbons (Fsp3) is 0.571. The van der Waals surface area contributed by atoms with Crippen molar-refractivity contribution < 1.29 is 4.79 Å². The summed E-state index contributed by atoms with van der Waals surface area (Å²) in [6.07, 6.45) is 8.69. The van der Waals surface area contributed by atoms with Crippen LogP contribution < -0.4 is 0 Å². The lowest BCUT2D eigenvalue weighted by Crippen LogP contribution is -2.23. The average molecular weight is 296 g/mol. The molecule has 1 aliphatic rings. The number of aromatic nitrogens is 1. The van der Waals surface area contributed by atoms with Gasteiger partial charge in [0, 0.05) is 29.2 Å². The lowest BCUT2D eigenvalue weighted by atomic mass is 9.79. The van der Waals surface area contributed by atoms with Gasteiger partial charge in [-0.05, 0) is 46.3 Å². The van der Waals surface area contributed by atoms with Gasteiger partial charge < -0.3 is 0 Å². The maximum absolute atomic E-state index is 12.2. The van der Waals surface area contributed by atoms with Crippen LogP contribution in [0.25, 0.3) is 0 Å². The standard InChI is InChI=1S/C14H18BrNO/c1-10-3-2-4-12(5-10)14(17)7-11-6-13(15)9-16-8-11/h6,8-10,12H,2-5,7H2,1H3. The minimum absolute atomic E-state index is 0.276. The van der Waals surface area contributed by atoms with Crippen molar-refractivity contribution in [2.75, 3.05) is 0 Å². The first-order valence-electron chi connectivity index (χ1n) is 6.27. The third-order valence-corrected chi connectivity index (χ3v) is 3.97. The minimum atomic E-state index is 0.276. The molecule has 2 nitrogen and oxygen atoms in total. The van der Waals surface area contributed by atoms with E-state index in [1.165, 1.54) is 12.8 Å². The van der Waals surface area contributed by atoms with E-state index in [2.05, 4.69) is 27.8 Å². The van der Waals surface area contributed by atoms with Crippen LogP contribution in [0.4, 0.5) is 0 Å². The van der Waals surface area contributed by atoms with Crippen LogP contribution in [0.2, 0.25) is 0 Å². The normalized spacial score (nSPS) is 24.6. The molecule has 0 amide bonds. The highest BCUT2D eigenvalue weighted by atomic mass is 79.9. The third-order valence-electron chi connectivity index (χ3n) is 3.53. The topological polar surface area (TPSA) is 30.0 Å². The van der Waals surface area contributed by atoms with Gasteiger partial charge in [-0.15, -0.1) is 0 Å². The first kappa shape index (κ1) is 12.7. The molecule has 2 atom stereocenters. The summed E-state index contributed by atoms with van der Waals surface area (Å²) in [5.74, 6) is 1.37. The number of carbonyl (C=O) groups is 1. The molecule has 0 N–H and O–H groups in total. The molecule has 0 aromatic carbocycles. The van der Waals surface area contributed by atoms with Gasteiger partial charge in [-0.2, -0.15) is 0 Å². The van der Waals surface area contributed by atoms with Gasteiger partial charge in [0.2, 0.25) is 0 Å². The number of hydrogen-bond donors (Lipinski definition) is 0. The SMILES string of the molecule is CC1CCCC(C(=O)Cc2cncc(Br)c2)C1. The van der Waals surface area contributed by atoms with Gasteiger partial charge in [-0.25, -0.2) is 0 Å². The van der Waals surface area contributed by atoms with Gasteiger partial charge in [-0.1, -0.05) is 19.8 Å². The number of rotatable bonds is 3. The van der Waals surface area contributed by atoms with Crippen LogP contribution in [0.1, 0.15) is 38.2 Å². The molecule has 0 bridgehead atoms. The Bertz CT molecular complexity index is 405. The summed E-state index contributed by atoms with van der Waals surface area (Å²) < 4.78 is 0.944. The third kappa shape index (κ3) is 3.63. The van der Waals surface area contributed by atoms with Crippen LogP contribution in [-0.2, 0) is 11.2 Å². The zero-order valence-electron chi connectivity index (χ0n) is 10.2. The van der Waals surface area contributed by atoms with Crippen LogP contribution in [0, 0.1) is 11.8 Å². The predicted molar refractivity (Wildman–Crippen MR) is 71.8 cm³/mol. The van der Waals surface area contributed by atoms with Crippen molar-refractivity contribution in [1.29, 1.82) is 0 Å². The number of ketones is 1. The monoisotopic (exact) mass is 295 g/mol. The van der Waals surface area contributed by atoms with E-state index in [0.717, 1.165) is 22.9 Å². The molecule has 1 fully saturated rings. The lowest BCUT2D eigenvalue weighted by Gasteiger charge is -2.25. The Morgan fingerprint density at radius 3 is 3.00 bits per heavy atom. The molecule has 0 aliphatic heterocycles. The molecule has 2 rings (SSSR count). The molecule has 0 saturated heterocycles. The van der Waals surface area contributed by atoms with E-state index in [4.69, 9.17) is 0 Å². The van der Waals surface area contributed by atoms with E-state index in [1.807, 2.05) is 6.07 Å². The van der Waals surface area contributed by atoms with Crippen LogP contribution in [0.5, 0.6) is 0 Å². The summed E-state index contributed by atoms with van der Waals surface area (Å²) in [4.78, 5) is 16.3. The molecule has 17 heavy (non-hydrogen) atoms. The Morgan fingerprint density at radius 2 is 2.29 bits per heavy atom. The fourth-order valence-electron chi connectivity index (χ4n) is 2.62. The van der Waals surface area contributed by atoms with Gasteiger partial charge in [0.1, 0.15) is 5.78 Å². The number of carbonyl (C=O) groups excluding carboxylic acids is 1. The highest BCUT2D eigenvalue weighted by molar-refractivity contribution is 9.10. The predicted octanol–water partition coefficient (Wildman–Crippen LogP) is 3.78. The van der Waals surface area contributed by atoms with Crippen molar-refractivity contribution >= 4 is 21.7 Å². The second kappa shape index (κ2) is 5.76. The summed E-state index contributed by atoms with van der Waals surface area (Å²) in [6.45, 7) is 2.25. The zero-order valence-corrected chi connectivity index (χ0v) is 11.7. The Labute approximate surface area is 111 Å². The Kier molecular flexibility index (Phi) is 4.32. The quantitative estimate of drug-likeness (QED) is 0.849. The number of Topliss-reactive ketones (excluding diaryl/α,β-unsaturated/α-hetero) is 1. The van der Waals surface area contributed by atoms with E-state index in [9.17, 15) is 4.79 Å². The molecular weight excluding hydrogens is 278 g/mol. The van der Waals surface area contributed by atoms with Crippen molar-refractivity contribution in [3.63, 3.8) is 0 Å². The van der Waals surface area contributed by atoms with E-state index in [-0.39, 0.29) is 5.92 Å². The van der Waals surface area contributed by atoms with E-state index < -0.39 is 0 Å². The fourth-order valence-corrected chi connectivity index (χ4v) is 3.04. The number of pyridine rings is 1. The van der Waals surface area contributed by atoms with E-state index in [1.54, 1.807) is 12.4 Å². The van der Waals surface area contributed by atoms with Crippen molar-refractivity contribution in [3.05, 3.63) is 28.5 Å².